The first-order chi connectivity index (χ1) is 59.3. The van der Waals surface area contributed by atoms with Crippen molar-refractivity contribution in [1.82, 2.24) is 0 Å². The summed E-state index contributed by atoms with van der Waals surface area (Å²) < 4.78 is 146. The van der Waals surface area contributed by atoms with Gasteiger partial charge in [-0.25, -0.2) is 35.1 Å². The molecular weight excluding hydrogens is 1680 g/mol. The first kappa shape index (κ1) is 95.8. The minimum absolute atomic E-state index is 0.00163. The van der Waals surface area contributed by atoms with Crippen molar-refractivity contribution in [3.63, 3.8) is 0 Å². The number of aldehydes is 1. The van der Waals surface area contributed by atoms with Crippen LogP contribution >= 0.6 is 46.4 Å². The third-order valence-corrected chi connectivity index (χ3v) is 27.5. The van der Waals surface area contributed by atoms with Crippen molar-refractivity contribution >= 4 is 76.0 Å². The standard InChI is InChI=1S/C24H27ClF2O2.C24H25ClF2O2.C24H23ClF2O2.C21H19ClF2O2.C4H8O2.C4H6O/c3*1-15(28)4-7-17-3-2-12-24(13-16-5-8-18(25)9-6-16)19(17)14-29-23-21(27)11-10-20(26)22(23)24;22-15-5-3-13(4-6-15)10-21-9-1-2-14(11-25)16(21)12-26-20-18(24)8-7-17(23)19(20)21;1-3-6-4(2)5;1-3-4(2)5/h5-6,8-11,15,17,19,28H,2-4,7,12-14H2,1H3;5-6,8-11,17,19H,2-4,7,12-14H2,1H3;4-11,17,19H,2-3,12-14H2,1H3;3-8,11,14,16H,1-2,9-10,12H2;3H2,1-2H3;3H,1H2,2H3/b;;7-4+;;;/t15?,17-,19?,24-;2*17-,19?,24-;14-,16?,21-;;/m0000../s1. The molecule has 4 aliphatic carbocycles. The molecule has 4 heterocycles. The highest BCUT2D eigenvalue weighted by molar-refractivity contribution is 6.31. The molecule has 8 aliphatic rings. The fourth-order valence-electron chi connectivity index (χ4n) is 21.1. The van der Waals surface area contributed by atoms with Crippen LogP contribution in [0.1, 0.15) is 189 Å². The zero-order valence-corrected chi connectivity index (χ0v) is 73.8. The second-order valence-corrected chi connectivity index (χ2v) is 36.1. The summed E-state index contributed by atoms with van der Waals surface area (Å²) in [6.45, 7) is 14.5. The number of carbonyl (C=O) groups is 5. The second kappa shape index (κ2) is 43.1. The summed E-state index contributed by atoms with van der Waals surface area (Å²) in [6, 6.07) is 39.5. The number of hydrogen-bond acceptors (Lipinski definition) is 11. The third-order valence-electron chi connectivity index (χ3n) is 26.5. The molecular formula is C101H108Cl4F8O11. The van der Waals surface area contributed by atoms with Crippen LogP contribution in [0.3, 0.4) is 0 Å². The average molecular weight is 1790 g/mol. The normalized spacial score (nSPS) is 24.7. The molecule has 0 amide bonds. The Morgan fingerprint density at radius 1 is 0.444 bits per heavy atom. The van der Waals surface area contributed by atoms with Crippen LogP contribution in [0, 0.1) is 93.9 Å². The molecule has 8 aromatic rings. The summed E-state index contributed by atoms with van der Waals surface area (Å²) in [5.74, 6) is -3.38. The largest absolute Gasteiger partial charge is 0.490 e. The Hall–Kier alpha value is -8.85. The molecule has 0 radical (unpaired) electrons. The number of hydrogen-bond donors (Lipinski definition) is 1. The predicted molar refractivity (Wildman–Crippen MR) is 468 cm³/mol. The van der Waals surface area contributed by atoms with Crippen LogP contribution in [0.4, 0.5) is 35.1 Å². The van der Waals surface area contributed by atoms with E-state index in [9.17, 15) is 51.0 Å². The van der Waals surface area contributed by atoms with Gasteiger partial charge in [-0.3, -0.25) is 14.4 Å². The number of rotatable bonds is 19. The van der Waals surface area contributed by atoms with Crippen LogP contribution in [0.15, 0.2) is 170 Å². The molecule has 8 aromatic carbocycles. The number of aliphatic hydroxyl groups is 1. The number of halogens is 12. The number of Topliss-reactive ketones (excluding diaryl/α,β-unsaturated/α-hetero) is 1. The summed E-state index contributed by atoms with van der Waals surface area (Å²) in [4.78, 5) is 54.3. The van der Waals surface area contributed by atoms with Gasteiger partial charge in [-0.2, -0.15) is 0 Å². The number of benzene rings is 8. The molecule has 11 nitrogen and oxygen atoms in total. The smallest absolute Gasteiger partial charge is 0.302 e. The maximum Gasteiger partial charge on any atom is 0.302 e. The first-order valence-electron chi connectivity index (χ1n) is 42.8. The number of carbonyl (C=O) groups excluding carboxylic acids is 5. The lowest BCUT2D eigenvalue weighted by Gasteiger charge is -2.52. The topological polar surface area (TPSA) is 152 Å². The number of esters is 1. The zero-order chi connectivity index (χ0) is 89.4. The Morgan fingerprint density at radius 3 is 1.02 bits per heavy atom. The Kier molecular flexibility index (Phi) is 33.3. The second-order valence-electron chi connectivity index (χ2n) is 34.4. The number of ether oxygens (including phenoxy) is 5. The van der Waals surface area contributed by atoms with Gasteiger partial charge in [0.15, 0.2) is 57.8 Å². The predicted octanol–water partition coefficient (Wildman–Crippen LogP) is 24.8. The number of ketones is 3. The monoisotopic (exact) mass is 1790 g/mol. The molecule has 124 heavy (non-hydrogen) atoms. The van der Waals surface area contributed by atoms with Crippen molar-refractivity contribution in [3.05, 3.63) is 282 Å². The van der Waals surface area contributed by atoms with Crippen LogP contribution in [-0.4, -0.2) is 73.9 Å². The van der Waals surface area contributed by atoms with E-state index in [1.165, 1.54) is 45.0 Å². The minimum Gasteiger partial charge on any atom is -0.490 e. The van der Waals surface area contributed by atoms with Gasteiger partial charge in [-0.1, -0.05) is 133 Å². The fourth-order valence-corrected chi connectivity index (χ4v) is 21.6. The Labute approximate surface area is 741 Å². The van der Waals surface area contributed by atoms with Crippen molar-refractivity contribution in [2.24, 2.45) is 47.3 Å². The van der Waals surface area contributed by atoms with Gasteiger partial charge in [0.05, 0.1) is 39.1 Å². The highest BCUT2D eigenvalue weighted by Crippen LogP contribution is 2.61. The SMILES string of the molecule is C=CC(C)=O.CC(=O)/C=C/[C@@H]1CCC[C@@]2(Cc3ccc(Cl)cc3)c3c(F)ccc(F)c3OCC12.CC(=O)CC[C@@H]1CCC[C@@]2(Cc3ccc(Cl)cc3)c3c(F)ccc(F)c3OCC12.CC(O)CC[C@@H]1CCC[C@@]2(Cc3ccc(Cl)cc3)c3c(F)ccc(F)c3OCC12.CCOC(C)=O.O=C[C@@H]1CCC[C@@]2(Cc3ccc(Cl)cc3)c3c(F)ccc(F)c3OCC12. The van der Waals surface area contributed by atoms with Crippen molar-refractivity contribution < 1.29 is 87.9 Å². The number of allylic oxidation sites excluding steroid dienone is 3. The van der Waals surface area contributed by atoms with E-state index in [2.05, 4.69) is 11.3 Å². The molecule has 4 fully saturated rings. The van der Waals surface area contributed by atoms with Gasteiger partial charge >= 0.3 is 5.97 Å². The molecule has 16 rings (SSSR count). The molecule has 1 N–H and O–H groups in total. The lowest BCUT2D eigenvalue weighted by Crippen LogP contribution is -2.51. The minimum atomic E-state index is -0.655. The van der Waals surface area contributed by atoms with E-state index in [4.69, 9.17) is 65.4 Å². The van der Waals surface area contributed by atoms with Crippen molar-refractivity contribution in [1.29, 1.82) is 0 Å². The van der Waals surface area contributed by atoms with Crippen LogP contribution in [0.5, 0.6) is 23.0 Å². The summed E-state index contributed by atoms with van der Waals surface area (Å²) in [7, 11) is 0. The average Bonchev–Trinajstić information content (AvgIpc) is 0.740. The molecule has 4 saturated carbocycles. The molecule has 5 unspecified atom stereocenters. The van der Waals surface area contributed by atoms with Crippen LogP contribution in [0.2, 0.25) is 20.1 Å². The first-order valence-corrected chi connectivity index (χ1v) is 44.3. The highest BCUT2D eigenvalue weighted by Gasteiger charge is 2.57. The van der Waals surface area contributed by atoms with E-state index in [-0.39, 0.29) is 106 Å². The molecule has 13 atom stereocenters. The summed E-state index contributed by atoms with van der Waals surface area (Å²) in [5, 5.41) is 12.4. The van der Waals surface area contributed by atoms with E-state index in [1.807, 2.05) is 91.0 Å². The zero-order valence-electron chi connectivity index (χ0n) is 70.8. The van der Waals surface area contributed by atoms with Gasteiger partial charge < -0.3 is 38.4 Å². The molecule has 23 heteroatoms. The van der Waals surface area contributed by atoms with Crippen LogP contribution in [-0.2, 0) is 76.1 Å². The maximum absolute atomic E-state index is 15.2. The molecule has 0 saturated heterocycles. The molecule has 662 valence electrons. The lowest BCUT2D eigenvalue weighted by atomic mass is 9.55. The fraction of sp³-hybridized carbons (Fsp3) is 0.436. The van der Waals surface area contributed by atoms with Gasteiger partial charge in [-0.05, 0) is 280 Å². The van der Waals surface area contributed by atoms with Gasteiger partial charge in [0, 0.05) is 107 Å². The quantitative estimate of drug-likeness (QED) is 0.0356. The van der Waals surface area contributed by atoms with E-state index in [0.717, 1.165) is 142 Å². The van der Waals surface area contributed by atoms with Crippen molar-refractivity contribution in [3.8, 4) is 23.0 Å². The van der Waals surface area contributed by atoms with Crippen LogP contribution < -0.4 is 18.9 Å². The van der Waals surface area contributed by atoms with Gasteiger partial charge in [0.25, 0.3) is 0 Å². The number of aliphatic hydroxyl groups excluding tert-OH is 1. The Morgan fingerprint density at radius 2 is 0.734 bits per heavy atom. The van der Waals surface area contributed by atoms with Crippen molar-refractivity contribution in [2.75, 3.05) is 33.0 Å². The number of fused-ring (bicyclic) bond motifs is 12. The van der Waals surface area contributed by atoms with Gasteiger partial charge in [0.1, 0.15) is 35.3 Å². The van der Waals surface area contributed by atoms with Gasteiger partial charge in [-0.15, -0.1) is 0 Å². The van der Waals surface area contributed by atoms with E-state index in [1.54, 1.807) is 39.0 Å². The molecule has 0 spiro atoms. The summed E-state index contributed by atoms with van der Waals surface area (Å²) in [6.07, 6.45) is 20.7. The maximum atomic E-state index is 15.2. The Bertz CT molecular complexity index is 5090. The van der Waals surface area contributed by atoms with Gasteiger partial charge in [0.2, 0.25) is 0 Å². The molecule has 0 aromatic heterocycles. The summed E-state index contributed by atoms with van der Waals surface area (Å²) >= 11 is 24.1. The van der Waals surface area contributed by atoms with E-state index in [0.29, 0.717) is 114 Å². The van der Waals surface area contributed by atoms with Crippen molar-refractivity contribution in [2.45, 2.75) is 198 Å². The summed E-state index contributed by atoms with van der Waals surface area (Å²) in [5.41, 5.74) is 3.18. The molecule has 0 bridgehead atoms. The Balaban J connectivity index is 0.000000154. The molecule has 4 aliphatic heterocycles. The lowest BCUT2D eigenvalue weighted by molar-refractivity contribution is -0.140. The van der Waals surface area contributed by atoms with E-state index >= 15 is 13.2 Å². The third kappa shape index (κ3) is 22.2. The van der Waals surface area contributed by atoms with Crippen LogP contribution in [0.25, 0.3) is 0 Å². The van der Waals surface area contributed by atoms with E-state index < -0.39 is 68.2 Å². The highest BCUT2D eigenvalue weighted by atomic mass is 35.5.